The van der Waals surface area contributed by atoms with Crippen molar-refractivity contribution in [2.24, 2.45) is 5.92 Å². The first-order valence-electron chi connectivity index (χ1n) is 3.60. The van der Waals surface area contributed by atoms with E-state index in [2.05, 4.69) is 5.32 Å². The molecule has 3 heteroatoms. The van der Waals surface area contributed by atoms with Gasteiger partial charge in [-0.15, -0.1) is 0 Å². The van der Waals surface area contributed by atoms with Crippen molar-refractivity contribution in [3.63, 3.8) is 0 Å². The third kappa shape index (κ3) is 2.34. The van der Waals surface area contributed by atoms with E-state index < -0.39 is 0 Å². The van der Waals surface area contributed by atoms with Gasteiger partial charge in [-0.1, -0.05) is 0 Å². The summed E-state index contributed by atoms with van der Waals surface area (Å²) in [5.74, 6) is 0.506. The molecule has 0 radical (unpaired) electrons. The van der Waals surface area contributed by atoms with Gasteiger partial charge in [-0.25, -0.2) is 0 Å². The molecule has 2 N–H and O–H groups in total. The second kappa shape index (κ2) is 3.55. The highest BCUT2D eigenvalue weighted by Crippen LogP contribution is 2.32. The maximum absolute atomic E-state index is 9.24. The third-order valence-corrected chi connectivity index (χ3v) is 1.72. The fourth-order valence-electron chi connectivity index (χ4n) is 0.924. The maximum Gasteiger partial charge on any atom is 0.0841 e. The average molecular weight is 140 g/mol. The molecule has 1 aliphatic carbocycles. The van der Waals surface area contributed by atoms with Crippen LogP contribution in [0.15, 0.2) is 0 Å². The van der Waals surface area contributed by atoms with Gasteiger partial charge in [0.1, 0.15) is 0 Å². The van der Waals surface area contributed by atoms with Crippen LogP contribution in [0.2, 0.25) is 0 Å². The molecule has 0 aromatic rings. The molecule has 0 amide bonds. The van der Waals surface area contributed by atoms with E-state index >= 15 is 0 Å². The Balaban J connectivity index is 1.96. The topological polar surface area (TPSA) is 56.0 Å². The number of aliphatic hydroxyl groups excluding tert-OH is 1. The Kier molecular flexibility index (Phi) is 2.67. The van der Waals surface area contributed by atoms with Gasteiger partial charge in [-0.05, 0) is 18.8 Å². The third-order valence-electron chi connectivity index (χ3n) is 1.72. The molecule has 1 unspecified atom stereocenters. The predicted octanol–water partition coefficient (Wildman–Crippen LogP) is -0.130. The minimum Gasteiger partial charge on any atom is -0.392 e. The standard InChI is InChI=1S/C7H12N2O/c8-3-4-9-5-7(10)6-1-2-6/h6-7,9-10H,1-2,4-5H2. The van der Waals surface area contributed by atoms with E-state index in [-0.39, 0.29) is 6.10 Å². The van der Waals surface area contributed by atoms with E-state index in [0.29, 0.717) is 19.0 Å². The van der Waals surface area contributed by atoms with Gasteiger partial charge in [-0.3, -0.25) is 0 Å². The van der Waals surface area contributed by atoms with Crippen molar-refractivity contribution in [1.82, 2.24) is 5.32 Å². The van der Waals surface area contributed by atoms with Gasteiger partial charge in [0, 0.05) is 6.54 Å². The zero-order chi connectivity index (χ0) is 7.40. The second-order valence-corrected chi connectivity index (χ2v) is 2.69. The van der Waals surface area contributed by atoms with Gasteiger partial charge in [-0.2, -0.15) is 5.26 Å². The monoisotopic (exact) mass is 140 g/mol. The molecule has 56 valence electrons. The van der Waals surface area contributed by atoms with Crippen molar-refractivity contribution in [3.05, 3.63) is 0 Å². The Bertz CT molecular complexity index is 137. The lowest BCUT2D eigenvalue weighted by Gasteiger charge is -2.06. The van der Waals surface area contributed by atoms with Gasteiger partial charge < -0.3 is 10.4 Å². The fraction of sp³-hybridized carbons (Fsp3) is 0.857. The normalized spacial score (nSPS) is 20.0. The van der Waals surface area contributed by atoms with E-state index in [4.69, 9.17) is 5.26 Å². The Morgan fingerprint density at radius 3 is 2.90 bits per heavy atom. The van der Waals surface area contributed by atoms with E-state index in [1.807, 2.05) is 6.07 Å². The quantitative estimate of drug-likeness (QED) is 0.422. The van der Waals surface area contributed by atoms with Gasteiger partial charge in [0.15, 0.2) is 0 Å². The zero-order valence-electron chi connectivity index (χ0n) is 5.88. The molecule has 3 nitrogen and oxygen atoms in total. The molecule has 10 heavy (non-hydrogen) atoms. The van der Waals surface area contributed by atoms with Crippen LogP contribution >= 0.6 is 0 Å². The van der Waals surface area contributed by atoms with Gasteiger partial charge in [0.25, 0.3) is 0 Å². The molecule has 1 atom stereocenters. The highest BCUT2D eigenvalue weighted by atomic mass is 16.3. The van der Waals surface area contributed by atoms with Gasteiger partial charge in [0.2, 0.25) is 0 Å². The van der Waals surface area contributed by atoms with Gasteiger partial charge >= 0.3 is 0 Å². The minimum atomic E-state index is -0.228. The summed E-state index contributed by atoms with van der Waals surface area (Å²) < 4.78 is 0. The van der Waals surface area contributed by atoms with Crippen LogP contribution in [0.1, 0.15) is 12.8 Å². The number of hydrogen-bond donors (Lipinski definition) is 2. The van der Waals surface area contributed by atoms with Gasteiger partial charge in [0.05, 0.1) is 18.7 Å². The molecule has 1 fully saturated rings. The first-order valence-corrected chi connectivity index (χ1v) is 3.60. The maximum atomic E-state index is 9.24. The molecule has 0 aliphatic heterocycles. The average Bonchev–Trinajstić information content (AvgIpc) is 2.69. The molecule has 0 aromatic carbocycles. The summed E-state index contributed by atoms with van der Waals surface area (Å²) in [6, 6.07) is 1.96. The predicted molar refractivity (Wildman–Crippen MR) is 37.2 cm³/mol. The van der Waals surface area contributed by atoms with Crippen LogP contribution < -0.4 is 5.32 Å². The Morgan fingerprint density at radius 1 is 1.70 bits per heavy atom. The molecule has 1 aliphatic rings. The summed E-state index contributed by atoms with van der Waals surface area (Å²) in [6.07, 6.45) is 2.07. The van der Waals surface area contributed by atoms with E-state index in [0.717, 1.165) is 12.8 Å². The molecular weight excluding hydrogens is 128 g/mol. The fourth-order valence-corrected chi connectivity index (χ4v) is 0.924. The number of nitriles is 1. The molecular formula is C7H12N2O. The van der Waals surface area contributed by atoms with Crippen molar-refractivity contribution in [3.8, 4) is 6.07 Å². The number of hydrogen-bond acceptors (Lipinski definition) is 3. The molecule has 0 saturated heterocycles. The highest BCUT2D eigenvalue weighted by Gasteiger charge is 2.28. The lowest BCUT2D eigenvalue weighted by molar-refractivity contribution is 0.150. The van der Waals surface area contributed by atoms with E-state index in [1.54, 1.807) is 0 Å². The van der Waals surface area contributed by atoms with Crippen LogP contribution in [0.4, 0.5) is 0 Å². The molecule has 0 heterocycles. The van der Waals surface area contributed by atoms with Crippen LogP contribution in [-0.4, -0.2) is 24.3 Å². The zero-order valence-corrected chi connectivity index (χ0v) is 5.88. The number of rotatable bonds is 4. The van der Waals surface area contributed by atoms with Crippen molar-refractivity contribution in [2.75, 3.05) is 13.1 Å². The summed E-state index contributed by atoms with van der Waals surface area (Å²) in [6.45, 7) is 0.905. The van der Waals surface area contributed by atoms with Crippen LogP contribution in [-0.2, 0) is 0 Å². The van der Waals surface area contributed by atoms with Crippen molar-refractivity contribution < 1.29 is 5.11 Å². The van der Waals surface area contributed by atoms with Crippen LogP contribution in [0.5, 0.6) is 0 Å². The SMILES string of the molecule is N#CCNCC(O)C1CC1. The Labute approximate surface area is 60.7 Å². The summed E-state index contributed by atoms with van der Waals surface area (Å²) in [5.41, 5.74) is 0. The molecule has 1 saturated carbocycles. The summed E-state index contributed by atoms with van der Waals surface area (Å²) in [5, 5.41) is 20.2. The Morgan fingerprint density at radius 2 is 2.40 bits per heavy atom. The number of nitrogens with zero attached hydrogens (tertiary/aromatic N) is 1. The molecule has 0 bridgehead atoms. The first-order chi connectivity index (χ1) is 4.84. The van der Waals surface area contributed by atoms with Crippen LogP contribution in [0.3, 0.4) is 0 Å². The molecule has 0 spiro atoms. The van der Waals surface area contributed by atoms with E-state index in [1.165, 1.54) is 0 Å². The highest BCUT2D eigenvalue weighted by molar-refractivity contribution is 4.83. The minimum absolute atomic E-state index is 0.228. The largest absolute Gasteiger partial charge is 0.392 e. The summed E-state index contributed by atoms with van der Waals surface area (Å²) in [7, 11) is 0. The van der Waals surface area contributed by atoms with Crippen LogP contribution in [0.25, 0.3) is 0 Å². The molecule has 0 aromatic heterocycles. The summed E-state index contributed by atoms with van der Waals surface area (Å²) in [4.78, 5) is 0. The van der Waals surface area contributed by atoms with Crippen molar-refractivity contribution in [1.29, 1.82) is 5.26 Å². The molecule has 1 rings (SSSR count). The van der Waals surface area contributed by atoms with E-state index in [9.17, 15) is 5.11 Å². The first kappa shape index (κ1) is 7.52. The van der Waals surface area contributed by atoms with Crippen LogP contribution in [0, 0.1) is 17.2 Å². The van der Waals surface area contributed by atoms with Crippen molar-refractivity contribution >= 4 is 0 Å². The lowest BCUT2D eigenvalue weighted by Crippen LogP contribution is -2.28. The lowest BCUT2D eigenvalue weighted by atomic mass is 10.2. The Hall–Kier alpha value is -0.590. The number of aliphatic hydroxyl groups is 1. The smallest absolute Gasteiger partial charge is 0.0841 e. The van der Waals surface area contributed by atoms with Crippen molar-refractivity contribution in [2.45, 2.75) is 18.9 Å². The number of nitrogens with one attached hydrogen (secondary N) is 1. The second-order valence-electron chi connectivity index (χ2n) is 2.69. The summed E-state index contributed by atoms with van der Waals surface area (Å²) >= 11 is 0.